The van der Waals surface area contributed by atoms with E-state index in [-0.39, 0.29) is 6.04 Å². The summed E-state index contributed by atoms with van der Waals surface area (Å²) >= 11 is 0. The van der Waals surface area contributed by atoms with E-state index in [9.17, 15) is 0 Å². The highest BCUT2D eigenvalue weighted by Gasteiger charge is 2.20. The normalized spacial score (nSPS) is 12.3. The summed E-state index contributed by atoms with van der Waals surface area (Å²) in [4.78, 5) is 8.65. The van der Waals surface area contributed by atoms with Crippen molar-refractivity contribution in [1.82, 2.24) is 29.5 Å². The second kappa shape index (κ2) is 6.55. The van der Waals surface area contributed by atoms with Gasteiger partial charge in [0.1, 0.15) is 11.7 Å². The molecule has 0 N–H and O–H groups in total. The molecule has 1 atom stereocenters. The number of hydrogen-bond donors (Lipinski definition) is 0. The van der Waals surface area contributed by atoms with Crippen LogP contribution in [0.15, 0.2) is 61.3 Å². The second-order valence-electron chi connectivity index (χ2n) is 6.48. The Hall–Kier alpha value is -3.28. The minimum atomic E-state index is -0.0930. The van der Waals surface area contributed by atoms with Gasteiger partial charge in [-0.05, 0) is 42.2 Å². The van der Waals surface area contributed by atoms with E-state index < -0.39 is 0 Å². The summed E-state index contributed by atoms with van der Waals surface area (Å²) in [5.74, 6) is 0.793. The maximum Gasteiger partial charge on any atom is 0.161 e. The molecule has 3 aromatic heterocycles. The Bertz CT molecular complexity index is 1030. The quantitative estimate of drug-likeness (QED) is 0.570. The van der Waals surface area contributed by atoms with E-state index in [4.69, 9.17) is 0 Å². The SMILES string of the molecule is Cc1ccc([C@@H](c2cccnc2)n2cc(-c3nccn3C)nn2)cc1C. The summed E-state index contributed by atoms with van der Waals surface area (Å²) in [7, 11) is 1.95. The molecule has 6 nitrogen and oxygen atoms in total. The molecule has 0 aliphatic carbocycles. The van der Waals surface area contributed by atoms with E-state index in [0.717, 1.165) is 22.6 Å². The Balaban J connectivity index is 1.82. The Morgan fingerprint density at radius 1 is 1.00 bits per heavy atom. The first-order chi connectivity index (χ1) is 12.6. The monoisotopic (exact) mass is 344 g/mol. The van der Waals surface area contributed by atoms with E-state index in [1.165, 1.54) is 11.1 Å². The third-order valence-electron chi connectivity index (χ3n) is 4.67. The predicted molar refractivity (Wildman–Crippen MR) is 99.6 cm³/mol. The molecule has 0 unspecified atom stereocenters. The van der Waals surface area contributed by atoms with Gasteiger partial charge in [-0.15, -0.1) is 5.10 Å². The molecule has 0 bridgehead atoms. The Morgan fingerprint density at radius 2 is 1.88 bits per heavy atom. The van der Waals surface area contributed by atoms with E-state index in [1.807, 2.05) is 41.0 Å². The van der Waals surface area contributed by atoms with Crippen molar-refractivity contribution in [3.05, 3.63) is 83.6 Å². The molecule has 0 radical (unpaired) electrons. The minimum Gasteiger partial charge on any atom is -0.333 e. The maximum absolute atomic E-state index is 4.40. The number of aryl methyl sites for hydroxylation is 3. The van der Waals surface area contributed by atoms with Crippen LogP contribution in [0.5, 0.6) is 0 Å². The van der Waals surface area contributed by atoms with E-state index in [1.54, 1.807) is 12.4 Å². The van der Waals surface area contributed by atoms with Gasteiger partial charge in [-0.1, -0.05) is 29.5 Å². The molecule has 4 rings (SSSR count). The highest BCUT2D eigenvalue weighted by Crippen LogP contribution is 2.28. The molecule has 0 aliphatic rings. The lowest BCUT2D eigenvalue weighted by atomic mass is 9.97. The molecule has 6 heteroatoms. The molecule has 0 spiro atoms. The van der Waals surface area contributed by atoms with Crippen molar-refractivity contribution in [1.29, 1.82) is 0 Å². The maximum atomic E-state index is 4.40. The van der Waals surface area contributed by atoms with Crippen molar-refractivity contribution >= 4 is 0 Å². The summed E-state index contributed by atoms with van der Waals surface area (Å²) in [5.41, 5.74) is 5.48. The largest absolute Gasteiger partial charge is 0.333 e. The van der Waals surface area contributed by atoms with Gasteiger partial charge in [0.15, 0.2) is 5.82 Å². The fourth-order valence-corrected chi connectivity index (χ4v) is 3.09. The zero-order valence-electron chi connectivity index (χ0n) is 15.0. The summed E-state index contributed by atoms with van der Waals surface area (Å²) in [6.45, 7) is 4.24. The fraction of sp³-hybridized carbons (Fsp3) is 0.200. The van der Waals surface area contributed by atoms with E-state index in [0.29, 0.717) is 0 Å². The lowest BCUT2D eigenvalue weighted by Gasteiger charge is -2.18. The lowest BCUT2D eigenvalue weighted by Crippen LogP contribution is -2.13. The molecule has 0 amide bonds. The molecule has 26 heavy (non-hydrogen) atoms. The average Bonchev–Trinajstić information content (AvgIpc) is 3.28. The van der Waals surface area contributed by atoms with Crippen LogP contribution in [0.4, 0.5) is 0 Å². The van der Waals surface area contributed by atoms with Gasteiger partial charge in [0.25, 0.3) is 0 Å². The molecule has 0 saturated heterocycles. The van der Waals surface area contributed by atoms with Crippen molar-refractivity contribution in [2.45, 2.75) is 19.9 Å². The molecule has 0 aliphatic heterocycles. The van der Waals surface area contributed by atoms with Gasteiger partial charge >= 0.3 is 0 Å². The van der Waals surface area contributed by atoms with Gasteiger partial charge in [-0.2, -0.15) is 0 Å². The molecule has 130 valence electrons. The average molecular weight is 344 g/mol. The second-order valence-corrected chi connectivity index (χ2v) is 6.48. The number of rotatable bonds is 4. The number of pyridine rings is 1. The summed E-state index contributed by atoms with van der Waals surface area (Å²) in [6, 6.07) is 10.4. The third-order valence-corrected chi connectivity index (χ3v) is 4.67. The minimum absolute atomic E-state index is 0.0930. The zero-order valence-corrected chi connectivity index (χ0v) is 15.0. The van der Waals surface area contributed by atoms with Gasteiger partial charge in [0.2, 0.25) is 0 Å². The first-order valence-corrected chi connectivity index (χ1v) is 8.50. The lowest BCUT2D eigenvalue weighted by molar-refractivity contribution is 0.569. The van der Waals surface area contributed by atoms with Crippen LogP contribution in [-0.4, -0.2) is 29.5 Å². The molecular weight excluding hydrogens is 324 g/mol. The van der Waals surface area contributed by atoms with E-state index >= 15 is 0 Å². The number of imidazole rings is 1. The Kier molecular flexibility index (Phi) is 4.08. The smallest absolute Gasteiger partial charge is 0.161 e. The summed E-state index contributed by atoms with van der Waals surface area (Å²) < 4.78 is 3.81. The van der Waals surface area contributed by atoms with Crippen LogP contribution in [0.1, 0.15) is 28.3 Å². The van der Waals surface area contributed by atoms with Crippen molar-refractivity contribution in [2.75, 3.05) is 0 Å². The highest BCUT2D eigenvalue weighted by atomic mass is 15.4. The highest BCUT2D eigenvalue weighted by molar-refractivity contribution is 5.48. The van der Waals surface area contributed by atoms with Crippen LogP contribution in [0, 0.1) is 13.8 Å². The molecular formula is C20H20N6. The Morgan fingerprint density at radius 3 is 2.58 bits per heavy atom. The van der Waals surface area contributed by atoms with Gasteiger partial charge in [-0.25, -0.2) is 9.67 Å². The van der Waals surface area contributed by atoms with Crippen LogP contribution >= 0.6 is 0 Å². The van der Waals surface area contributed by atoms with Crippen LogP contribution < -0.4 is 0 Å². The topological polar surface area (TPSA) is 61.4 Å². The van der Waals surface area contributed by atoms with Crippen molar-refractivity contribution in [2.24, 2.45) is 7.05 Å². The summed E-state index contributed by atoms with van der Waals surface area (Å²) in [6.07, 6.45) is 9.26. The van der Waals surface area contributed by atoms with Gasteiger partial charge in [-0.3, -0.25) is 4.98 Å². The first kappa shape index (κ1) is 16.2. The van der Waals surface area contributed by atoms with Crippen LogP contribution in [-0.2, 0) is 7.05 Å². The van der Waals surface area contributed by atoms with Gasteiger partial charge in [0, 0.05) is 31.8 Å². The molecule has 1 aromatic carbocycles. The van der Waals surface area contributed by atoms with Crippen molar-refractivity contribution in [3.8, 4) is 11.5 Å². The van der Waals surface area contributed by atoms with E-state index in [2.05, 4.69) is 58.4 Å². The van der Waals surface area contributed by atoms with Gasteiger partial charge < -0.3 is 4.57 Å². The summed E-state index contributed by atoms with van der Waals surface area (Å²) in [5, 5.41) is 8.74. The third kappa shape index (κ3) is 2.90. The molecule has 0 saturated carbocycles. The standard InChI is InChI=1S/C20H20N6/c1-14-6-7-16(11-15(14)2)19(17-5-4-8-21-12-17)26-13-18(23-24-26)20-22-9-10-25(20)3/h4-13,19H,1-3H3/t19-/m0/s1. The first-order valence-electron chi connectivity index (χ1n) is 8.50. The predicted octanol–water partition coefficient (Wildman–Crippen LogP) is 3.33. The number of nitrogens with zero attached hydrogens (tertiary/aromatic N) is 6. The Labute approximate surface area is 152 Å². The number of hydrogen-bond acceptors (Lipinski definition) is 4. The molecule has 3 heterocycles. The fourth-order valence-electron chi connectivity index (χ4n) is 3.09. The van der Waals surface area contributed by atoms with Crippen molar-refractivity contribution in [3.63, 3.8) is 0 Å². The van der Waals surface area contributed by atoms with Gasteiger partial charge in [0.05, 0.1) is 6.20 Å². The molecule has 0 fully saturated rings. The van der Waals surface area contributed by atoms with Crippen LogP contribution in [0.3, 0.4) is 0 Å². The molecule has 4 aromatic rings. The van der Waals surface area contributed by atoms with Crippen molar-refractivity contribution < 1.29 is 0 Å². The van der Waals surface area contributed by atoms with Crippen LogP contribution in [0.2, 0.25) is 0 Å². The number of benzene rings is 1. The zero-order chi connectivity index (χ0) is 18.1. The number of aromatic nitrogens is 6. The van der Waals surface area contributed by atoms with Crippen LogP contribution in [0.25, 0.3) is 11.5 Å².